The third-order valence-electron chi connectivity index (χ3n) is 8.64. The van der Waals surface area contributed by atoms with Crippen LogP contribution in [0, 0.1) is 5.41 Å². The van der Waals surface area contributed by atoms with Crippen molar-refractivity contribution < 1.29 is 23.9 Å². The summed E-state index contributed by atoms with van der Waals surface area (Å²) in [6, 6.07) is 8.76. The van der Waals surface area contributed by atoms with Crippen LogP contribution in [0.3, 0.4) is 0 Å². The van der Waals surface area contributed by atoms with Crippen LogP contribution in [0.25, 0.3) is 11.3 Å². The fourth-order valence-electron chi connectivity index (χ4n) is 6.25. The summed E-state index contributed by atoms with van der Waals surface area (Å²) in [6.07, 6.45) is 7.32. The number of rotatable bonds is 10. The lowest BCUT2D eigenvalue weighted by molar-refractivity contribution is -0.0840. The molecule has 2 aliphatic carbocycles. The Kier molecular flexibility index (Phi) is 7.93. The highest BCUT2D eigenvalue weighted by atomic mass is 35.5. The zero-order chi connectivity index (χ0) is 28.9. The van der Waals surface area contributed by atoms with E-state index in [0.29, 0.717) is 39.6 Å². The Balaban J connectivity index is 1.13. The molecule has 0 atom stereocenters. The molecule has 0 amide bonds. The Morgan fingerprint density at radius 3 is 2.63 bits per heavy atom. The fraction of sp³-hybridized carbons (Fsp3) is 0.467. The minimum Gasteiger partial charge on any atom is -0.494 e. The molecule has 1 spiro atoms. The first kappa shape index (κ1) is 28.7. The van der Waals surface area contributed by atoms with Crippen LogP contribution in [0.1, 0.15) is 59.7 Å². The lowest BCUT2D eigenvalue weighted by Crippen LogP contribution is -2.47. The molecule has 1 aromatic heterocycles. The number of hydrazine groups is 1. The summed E-state index contributed by atoms with van der Waals surface area (Å²) in [5, 5.41) is 19.5. The number of thioether (sulfide) groups is 1. The molecular weight excluding hydrogens is 585 g/mol. The van der Waals surface area contributed by atoms with Crippen molar-refractivity contribution in [1.82, 2.24) is 10.2 Å². The van der Waals surface area contributed by atoms with Crippen molar-refractivity contribution in [3.8, 4) is 17.0 Å². The van der Waals surface area contributed by atoms with Crippen molar-refractivity contribution in [2.45, 2.75) is 55.6 Å². The quantitative estimate of drug-likeness (QED) is 0.234. The van der Waals surface area contributed by atoms with Crippen molar-refractivity contribution in [2.75, 3.05) is 38.5 Å². The van der Waals surface area contributed by atoms with Gasteiger partial charge in [-0.3, -0.25) is 0 Å². The first-order valence-electron chi connectivity index (χ1n) is 13.8. The van der Waals surface area contributed by atoms with Gasteiger partial charge < -0.3 is 24.1 Å². The summed E-state index contributed by atoms with van der Waals surface area (Å²) < 4.78 is 17.9. The van der Waals surface area contributed by atoms with Gasteiger partial charge >= 0.3 is 5.97 Å². The summed E-state index contributed by atoms with van der Waals surface area (Å²) in [7, 11) is 3.60. The molecule has 1 aliphatic heterocycles. The number of anilines is 1. The number of methoxy groups -OCH3 is 1. The molecule has 6 rings (SSSR count). The average Bonchev–Trinajstić information content (AvgIpc) is 3.55. The highest BCUT2D eigenvalue weighted by Gasteiger charge is 2.50. The first-order valence-corrected chi connectivity index (χ1v) is 15.7. The van der Waals surface area contributed by atoms with E-state index in [4.69, 9.17) is 37.2 Å². The van der Waals surface area contributed by atoms with Crippen molar-refractivity contribution >= 4 is 46.6 Å². The Bertz CT molecular complexity index is 1430. The molecule has 2 saturated carbocycles. The summed E-state index contributed by atoms with van der Waals surface area (Å²) in [6.45, 7) is 2.23. The largest absolute Gasteiger partial charge is 0.494 e. The SMILES string of the molecule is COc1cc(C(=O)O)cc(SC)c1N(C)N1CCC2(CC(OCc3c(-c4c(Cl)cccc4Cl)noc3C3CC3)C2)C1. The second-order valence-corrected chi connectivity index (χ2v) is 12.9. The predicted octanol–water partition coefficient (Wildman–Crippen LogP) is 7.38. The van der Waals surface area contributed by atoms with E-state index in [2.05, 4.69) is 15.2 Å². The Hall–Kier alpha value is -2.43. The standard InChI is InChI=1S/C30H33Cl2N3O5S/c1-34(27-23(38-2)11-18(29(36)37)12-24(27)41-3)35-10-9-30(16-35)13-19(14-30)39-15-20-26(33-40-28(20)17-7-8-17)25-21(31)5-4-6-22(25)32/h4-6,11-12,17,19H,7-10,13-16H2,1-3H3,(H,36,37). The van der Waals surface area contributed by atoms with Crippen molar-refractivity contribution in [1.29, 1.82) is 0 Å². The molecule has 0 radical (unpaired) electrons. The van der Waals surface area contributed by atoms with Gasteiger partial charge in [-0.1, -0.05) is 34.4 Å². The zero-order valence-electron chi connectivity index (χ0n) is 23.3. The Morgan fingerprint density at radius 2 is 2.00 bits per heavy atom. The summed E-state index contributed by atoms with van der Waals surface area (Å²) in [4.78, 5) is 12.5. The summed E-state index contributed by atoms with van der Waals surface area (Å²) in [5.41, 5.74) is 3.63. The van der Waals surface area contributed by atoms with Gasteiger partial charge in [-0.15, -0.1) is 11.8 Å². The van der Waals surface area contributed by atoms with E-state index in [1.165, 1.54) is 11.8 Å². The van der Waals surface area contributed by atoms with Gasteiger partial charge in [-0.05, 0) is 68.0 Å². The topological polar surface area (TPSA) is 88.3 Å². The number of ether oxygens (including phenoxy) is 2. The molecule has 41 heavy (non-hydrogen) atoms. The second-order valence-electron chi connectivity index (χ2n) is 11.3. The van der Waals surface area contributed by atoms with E-state index < -0.39 is 5.97 Å². The number of hydrogen-bond donors (Lipinski definition) is 1. The van der Waals surface area contributed by atoms with Crippen LogP contribution in [0.15, 0.2) is 39.8 Å². The normalized spacial score (nSPS) is 22.2. The maximum absolute atomic E-state index is 11.6. The van der Waals surface area contributed by atoms with Crippen LogP contribution in [-0.4, -0.2) is 60.8 Å². The minimum atomic E-state index is -0.967. The molecule has 11 heteroatoms. The number of carbonyl (C=O) groups is 1. The van der Waals surface area contributed by atoms with Crippen LogP contribution in [-0.2, 0) is 11.3 Å². The van der Waals surface area contributed by atoms with Crippen LogP contribution >= 0.6 is 35.0 Å². The highest BCUT2D eigenvalue weighted by Crippen LogP contribution is 2.52. The van der Waals surface area contributed by atoms with Gasteiger partial charge in [0.2, 0.25) is 0 Å². The fourth-order valence-corrected chi connectivity index (χ4v) is 7.50. The number of aromatic nitrogens is 1. The maximum Gasteiger partial charge on any atom is 0.335 e. The molecule has 1 N–H and O–H groups in total. The van der Waals surface area contributed by atoms with Gasteiger partial charge in [-0.2, -0.15) is 0 Å². The molecule has 0 bridgehead atoms. The van der Waals surface area contributed by atoms with E-state index in [1.54, 1.807) is 19.2 Å². The summed E-state index contributed by atoms with van der Waals surface area (Å²) >= 11 is 14.5. The molecule has 218 valence electrons. The van der Waals surface area contributed by atoms with Gasteiger partial charge in [0.05, 0.1) is 35.4 Å². The van der Waals surface area contributed by atoms with Crippen LogP contribution in [0.4, 0.5) is 5.69 Å². The number of benzene rings is 2. The Labute approximate surface area is 253 Å². The maximum atomic E-state index is 11.6. The van der Waals surface area contributed by atoms with Crippen molar-refractivity contribution in [3.05, 3.63) is 57.3 Å². The van der Waals surface area contributed by atoms with E-state index in [-0.39, 0.29) is 17.1 Å². The van der Waals surface area contributed by atoms with Gasteiger partial charge in [0.25, 0.3) is 0 Å². The van der Waals surface area contributed by atoms with Crippen molar-refractivity contribution in [2.24, 2.45) is 5.41 Å². The minimum absolute atomic E-state index is 0.155. The molecule has 1 saturated heterocycles. The third-order valence-corrected chi connectivity index (χ3v) is 10.0. The molecular formula is C30H33Cl2N3O5S. The van der Waals surface area contributed by atoms with E-state index in [0.717, 1.165) is 67.1 Å². The van der Waals surface area contributed by atoms with Gasteiger partial charge in [0.1, 0.15) is 22.9 Å². The smallest absolute Gasteiger partial charge is 0.335 e. The van der Waals surface area contributed by atoms with Gasteiger partial charge in [-0.25, -0.2) is 9.80 Å². The predicted molar refractivity (Wildman–Crippen MR) is 161 cm³/mol. The van der Waals surface area contributed by atoms with Crippen LogP contribution in [0.2, 0.25) is 10.0 Å². The number of aromatic carboxylic acids is 1. The van der Waals surface area contributed by atoms with E-state index in [1.807, 2.05) is 31.5 Å². The lowest BCUT2D eigenvalue weighted by atomic mass is 9.66. The zero-order valence-corrected chi connectivity index (χ0v) is 25.6. The van der Waals surface area contributed by atoms with Gasteiger partial charge in [0, 0.05) is 42.1 Å². The molecule has 2 aromatic carbocycles. The summed E-state index contributed by atoms with van der Waals surface area (Å²) in [5.74, 6) is 0.870. The number of carboxylic acid groups (broad SMARTS) is 1. The molecule has 3 fully saturated rings. The van der Waals surface area contributed by atoms with E-state index in [9.17, 15) is 9.90 Å². The molecule has 8 nitrogen and oxygen atoms in total. The lowest BCUT2D eigenvalue weighted by Gasteiger charge is -2.45. The number of carboxylic acids is 1. The number of hydrogen-bond acceptors (Lipinski definition) is 8. The Morgan fingerprint density at radius 1 is 1.27 bits per heavy atom. The molecule has 0 unspecified atom stereocenters. The van der Waals surface area contributed by atoms with Gasteiger partial charge in [0.15, 0.2) is 0 Å². The third kappa shape index (κ3) is 5.43. The highest BCUT2D eigenvalue weighted by molar-refractivity contribution is 7.98. The van der Waals surface area contributed by atoms with Crippen LogP contribution in [0.5, 0.6) is 5.75 Å². The van der Waals surface area contributed by atoms with Crippen LogP contribution < -0.4 is 9.75 Å². The monoisotopic (exact) mass is 617 g/mol. The molecule has 3 aliphatic rings. The average molecular weight is 619 g/mol. The first-order chi connectivity index (χ1) is 19.7. The number of halogens is 2. The van der Waals surface area contributed by atoms with Crippen molar-refractivity contribution in [3.63, 3.8) is 0 Å². The second kappa shape index (κ2) is 11.3. The number of nitrogens with zero attached hydrogens (tertiary/aromatic N) is 3. The van der Waals surface area contributed by atoms with E-state index >= 15 is 0 Å². The molecule has 3 aromatic rings. The molecule has 2 heterocycles.